The molecule has 2 aromatic rings. The standard InChI is InChI=1S/C19H24N2O3S/c1-5-18(17-10-9-13(2)11-14(17)3)20-19(22)15-7-6-8-16(12-15)21-25(4,23)24/h6-12,18,21H,5H2,1-4H3,(H,20,22). The van der Waals surface area contributed by atoms with Gasteiger partial charge in [-0.25, -0.2) is 8.42 Å². The fourth-order valence-corrected chi connectivity index (χ4v) is 3.35. The molecule has 1 atom stereocenters. The zero-order chi connectivity index (χ0) is 18.6. The highest BCUT2D eigenvalue weighted by atomic mass is 32.2. The van der Waals surface area contributed by atoms with E-state index in [1.165, 1.54) is 11.6 Å². The number of benzene rings is 2. The summed E-state index contributed by atoms with van der Waals surface area (Å²) in [6.07, 6.45) is 1.84. The lowest BCUT2D eigenvalue weighted by molar-refractivity contribution is 0.0935. The van der Waals surface area contributed by atoms with Crippen molar-refractivity contribution >= 4 is 21.6 Å². The number of hydrogen-bond donors (Lipinski definition) is 2. The van der Waals surface area contributed by atoms with Gasteiger partial charge in [0.25, 0.3) is 5.91 Å². The number of aryl methyl sites for hydroxylation is 2. The van der Waals surface area contributed by atoms with Crippen molar-refractivity contribution in [2.45, 2.75) is 33.2 Å². The van der Waals surface area contributed by atoms with Gasteiger partial charge >= 0.3 is 0 Å². The van der Waals surface area contributed by atoms with Crippen molar-refractivity contribution in [3.63, 3.8) is 0 Å². The molecule has 25 heavy (non-hydrogen) atoms. The van der Waals surface area contributed by atoms with E-state index in [-0.39, 0.29) is 11.9 Å². The fourth-order valence-electron chi connectivity index (χ4n) is 2.80. The summed E-state index contributed by atoms with van der Waals surface area (Å²) in [5.41, 5.74) is 4.19. The van der Waals surface area contributed by atoms with Crippen molar-refractivity contribution < 1.29 is 13.2 Å². The quantitative estimate of drug-likeness (QED) is 0.827. The molecule has 2 aromatic carbocycles. The lowest BCUT2D eigenvalue weighted by Crippen LogP contribution is -2.28. The predicted octanol–water partition coefficient (Wildman–Crippen LogP) is 3.56. The highest BCUT2D eigenvalue weighted by Gasteiger charge is 2.16. The van der Waals surface area contributed by atoms with E-state index in [1.54, 1.807) is 18.2 Å². The molecule has 0 aliphatic heterocycles. The summed E-state index contributed by atoms with van der Waals surface area (Å²) in [5, 5.41) is 3.03. The van der Waals surface area contributed by atoms with Gasteiger partial charge in [-0.2, -0.15) is 0 Å². The van der Waals surface area contributed by atoms with E-state index in [4.69, 9.17) is 0 Å². The Kier molecular flexibility index (Phi) is 5.85. The minimum atomic E-state index is -3.38. The Morgan fingerprint density at radius 3 is 2.44 bits per heavy atom. The third kappa shape index (κ3) is 5.32. The van der Waals surface area contributed by atoms with Crippen molar-refractivity contribution in [1.29, 1.82) is 0 Å². The van der Waals surface area contributed by atoms with Crippen LogP contribution < -0.4 is 10.0 Å². The molecule has 2 rings (SSSR count). The van der Waals surface area contributed by atoms with Crippen molar-refractivity contribution in [3.8, 4) is 0 Å². The molecule has 0 bridgehead atoms. The van der Waals surface area contributed by atoms with Crippen molar-refractivity contribution in [2.24, 2.45) is 0 Å². The van der Waals surface area contributed by atoms with Crippen LogP contribution in [0.2, 0.25) is 0 Å². The van der Waals surface area contributed by atoms with Crippen LogP contribution in [0, 0.1) is 13.8 Å². The van der Waals surface area contributed by atoms with Crippen molar-refractivity contribution in [2.75, 3.05) is 11.0 Å². The van der Waals surface area contributed by atoms with Crippen LogP contribution in [-0.4, -0.2) is 20.6 Å². The highest BCUT2D eigenvalue weighted by molar-refractivity contribution is 7.92. The van der Waals surface area contributed by atoms with Crippen LogP contribution in [0.3, 0.4) is 0 Å². The third-order valence-electron chi connectivity index (χ3n) is 3.94. The first-order valence-electron chi connectivity index (χ1n) is 8.15. The van der Waals surface area contributed by atoms with E-state index in [9.17, 15) is 13.2 Å². The van der Waals surface area contributed by atoms with Crippen LogP contribution in [0.5, 0.6) is 0 Å². The average molecular weight is 360 g/mol. The maximum atomic E-state index is 12.6. The second-order valence-electron chi connectivity index (χ2n) is 6.25. The molecular weight excluding hydrogens is 336 g/mol. The average Bonchev–Trinajstić information content (AvgIpc) is 2.51. The lowest BCUT2D eigenvalue weighted by Gasteiger charge is -2.20. The minimum Gasteiger partial charge on any atom is -0.345 e. The van der Waals surface area contributed by atoms with E-state index < -0.39 is 10.0 Å². The van der Waals surface area contributed by atoms with E-state index in [1.807, 2.05) is 32.9 Å². The summed E-state index contributed by atoms with van der Waals surface area (Å²) in [6.45, 7) is 6.09. The zero-order valence-corrected chi connectivity index (χ0v) is 15.8. The van der Waals surface area contributed by atoms with Crippen LogP contribution in [-0.2, 0) is 10.0 Å². The second-order valence-corrected chi connectivity index (χ2v) is 8.00. The SMILES string of the molecule is CCC(NC(=O)c1cccc(NS(C)(=O)=O)c1)c1ccc(C)cc1C. The largest absolute Gasteiger partial charge is 0.345 e. The van der Waals surface area contributed by atoms with Gasteiger partial charge in [-0.15, -0.1) is 0 Å². The number of nitrogens with one attached hydrogen (secondary N) is 2. The first-order valence-corrected chi connectivity index (χ1v) is 10.0. The van der Waals surface area contributed by atoms with Crippen molar-refractivity contribution in [3.05, 3.63) is 64.7 Å². The number of hydrogen-bond acceptors (Lipinski definition) is 3. The summed E-state index contributed by atoms with van der Waals surface area (Å²) in [6, 6.07) is 12.5. The number of rotatable bonds is 6. The molecule has 0 aromatic heterocycles. The Bertz CT molecular complexity index is 876. The van der Waals surface area contributed by atoms with E-state index in [0.717, 1.165) is 23.8 Å². The fraction of sp³-hybridized carbons (Fsp3) is 0.316. The summed E-state index contributed by atoms with van der Waals surface area (Å²) < 4.78 is 25.1. The normalized spacial score (nSPS) is 12.5. The molecular formula is C19H24N2O3S. The van der Waals surface area contributed by atoms with Gasteiger partial charge in [-0.05, 0) is 49.6 Å². The molecule has 1 unspecified atom stereocenters. The number of anilines is 1. The van der Waals surface area contributed by atoms with Gasteiger partial charge in [0.15, 0.2) is 0 Å². The summed E-state index contributed by atoms with van der Waals surface area (Å²) in [4.78, 5) is 12.6. The molecule has 0 spiro atoms. The predicted molar refractivity (Wildman–Crippen MR) is 101 cm³/mol. The third-order valence-corrected chi connectivity index (χ3v) is 4.55. The maximum Gasteiger partial charge on any atom is 0.251 e. The zero-order valence-electron chi connectivity index (χ0n) is 15.0. The molecule has 0 aliphatic carbocycles. The molecule has 0 saturated heterocycles. The van der Waals surface area contributed by atoms with Gasteiger partial charge in [0.1, 0.15) is 0 Å². The van der Waals surface area contributed by atoms with Crippen LogP contribution >= 0.6 is 0 Å². The minimum absolute atomic E-state index is 0.0976. The molecule has 2 N–H and O–H groups in total. The van der Waals surface area contributed by atoms with Gasteiger partial charge in [-0.1, -0.05) is 36.8 Å². The molecule has 0 heterocycles. The number of carbonyl (C=O) groups is 1. The van der Waals surface area contributed by atoms with Gasteiger partial charge in [0.2, 0.25) is 10.0 Å². The molecule has 0 aliphatic rings. The van der Waals surface area contributed by atoms with Crippen LogP contribution in [0.25, 0.3) is 0 Å². The van der Waals surface area contributed by atoms with E-state index >= 15 is 0 Å². The van der Waals surface area contributed by atoms with Crippen LogP contribution in [0.15, 0.2) is 42.5 Å². The Morgan fingerprint density at radius 2 is 1.84 bits per heavy atom. The smallest absolute Gasteiger partial charge is 0.251 e. The van der Waals surface area contributed by atoms with Gasteiger partial charge < -0.3 is 5.32 Å². The Hall–Kier alpha value is -2.34. The summed E-state index contributed by atoms with van der Waals surface area (Å²) in [7, 11) is -3.38. The van der Waals surface area contributed by atoms with E-state index in [2.05, 4.69) is 16.1 Å². The van der Waals surface area contributed by atoms with Gasteiger partial charge in [-0.3, -0.25) is 9.52 Å². The molecule has 134 valence electrons. The Morgan fingerprint density at radius 1 is 1.12 bits per heavy atom. The summed E-state index contributed by atoms with van der Waals surface area (Å²) in [5.74, 6) is -0.232. The molecule has 0 radical (unpaired) electrons. The van der Waals surface area contributed by atoms with Crippen LogP contribution in [0.4, 0.5) is 5.69 Å². The van der Waals surface area contributed by atoms with Crippen molar-refractivity contribution in [1.82, 2.24) is 5.32 Å². The van der Waals surface area contributed by atoms with Gasteiger partial charge in [0, 0.05) is 11.3 Å². The highest BCUT2D eigenvalue weighted by Crippen LogP contribution is 2.22. The molecule has 6 heteroatoms. The second kappa shape index (κ2) is 7.70. The molecule has 1 amide bonds. The lowest BCUT2D eigenvalue weighted by atomic mass is 9.97. The first-order chi connectivity index (χ1) is 11.7. The summed E-state index contributed by atoms with van der Waals surface area (Å²) >= 11 is 0. The maximum absolute atomic E-state index is 12.6. The van der Waals surface area contributed by atoms with E-state index in [0.29, 0.717) is 11.3 Å². The molecule has 5 nitrogen and oxygen atoms in total. The molecule has 0 saturated carbocycles. The first kappa shape index (κ1) is 19.0. The van der Waals surface area contributed by atoms with Crippen LogP contribution in [0.1, 0.15) is 46.4 Å². The number of carbonyl (C=O) groups excluding carboxylic acids is 1. The van der Waals surface area contributed by atoms with Gasteiger partial charge in [0.05, 0.1) is 12.3 Å². The monoisotopic (exact) mass is 360 g/mol. The number of sulfonamides is 1. The molecule has 0 fully saturated rings. The topological polar surface area (TPSA) is 75.3 Å². The number of amides is 1. The Balaban J connectivity index is 2.21. The Labute approximate surface area is 149 Å².